The quantitative estimate of drug-likeness (QED) is 0.808. The fraction of sp³-hybridized carbons (Fsp3) is 0.611. The zero-order valence-corrected chi connectivity index (χ0v) is 15.5. The number of nitrogens with zero attached hydrogens (tertiary/aromatic N) is 1. The van der Waals surface area contributed by atoms with Gasteiger partial charge in [0.15, 0.2) is 0 Å². The molecular weight excluding hydrogens is 338 g/mol. The minimum absolute atomic E-state index is 0.0516. The highest BCUT2D eigenvalue weighted by molar-refractivity contribution is 7.12. The van der Waals surface area contributed by atoms with E-state index in [9.17, 15) is 14.4 Å². The minimum atomic E-state index is -0.402. The van der Waals surface area contributed by atoms with E-state index in [0.717, 1.165) is 12.8 Å². The zero-order valence-electron chi connectivity index (χ0n) is 14.7. The molecule has 7 heteroatoms. The highest BCUT2D eigenvalue weighted by atomic mass is 32.1. The van der Waals surface area contributed by atoms with Crippen LogP contribution in [0.1, 0.15) is 49.2 Å². The normalized spacial score (nSPS) is 29.5. The van der Waals surface area contributed by atoms with E-state index in [2.05, 4.69) is 24.7 Å². The van der Waals surface area contributed by atoms with Gasteiger partial charge >= 0.3 is 0 Å². The number of carbonyl (C=O) groups excluding carboxylic acids is 3. The zero-order chi connectivity index (χ0) is 18.0. The predicted molar refractivity (Wildman–Crippen MR) is 95.7 cm³/mol. The van der Waals surface area contributed by atoms with E-state index in [1.165, 1.54) is 17.8 Å². The average Bonchev–Trinajstić information content (AvgIpc) is 3.25. The van der Waals surface area contributed by atoms with Gasteiger partial charge in [-0.05, 0) is 29.7 Å². The van der Waals surface area contributed by atoms with E-state index >= 15 is 0 Å². The summed E-state index contributed by atoms with van der Waals surface area (Å²) in [4.78, 5) is 39.1. The van der Waals surface area contributed by atoms with Gasteiger partial charge in [0.25, 0.3) is 5.91 Å². The summed E-state index contributed by atoms with van der Waals surface area (Å²) in [5.41, 5.74) is 4.89. The third-order valence-corrected chi connectivity index (χ3v) is 6.51. The summed E-state index contributed by atoms with van der Waals surface area (Å²) in [6, 6.07) is 3.70. The molecule has 0 unspecified atom stereocenters. The van der Waals surface area contributed by atoms with E-state index in [1.54, 1.807) is 17.5 Å². The summed E-state index contributed by atoms with van der Waals surface area (Å²) in [6.07, 6.45) is 3.57. The van der Waals surface area contributed by atoms with Crippen molar-refractivity contribution < 1.29 is 14.4 Å². The molecule has 1 aliphatic heterocycles. The van der Waals surface area contributed by atoms with Crippen molar-refractivity contribution in [3.63, 3.8) is 0 Å². The monoisotopic (exact) mass is 363 g/mol. The molecule has 3 rings (SSSR count). The number of likely N-dealkylation sites (tertiary alicyclic amines) is 1. The number of thiophene rings is 1. The largest absolute Gasteiger partial charge is 0.339 e. The average molecular weight is 363 g/mol. The second kappa shape index (κ2) is 7.56. The van der Waals surface area contributed by atoms with Crippen LogP contribution in [0.25, 0.3) is 0 Å². The first-order valence-corrected chi connectivity index (χ1v) is 9.78. The van der Waals surface area contributed by atoms with Crippen LogP contribution in [0.3, 0.4) is 0 Å². The predicted octanol–water partition coefficient (Wildman–Crippen LogP) is 2.18. The van der Waals surface area contributed by atoms with E-state index in [0.29, 0.717) is 23.3 Å². The Labute approximate surface area is 151 Å². The van der Waals surface area contributed by atoms with Crippen molar-refractivity contribution in [2.45, 2.75) is 45.6 Å². The van der Waals surface area contributed by atoms with Crippen LogP contribution in [0.15, 0.2) is 17.5 Å². The Morgan fingerprint density at radius 1 is 1.24 bits per heavy atom. The van der Waals surface area contributed by atoms with Crippen LogP contribution in [0.5, 0.6) is 0 Å². The molecule has 4 atom stereocenters. The highest BCUT2D eigenvalue weighted by Crippen LogP contribution is 2.35. The van der Waals surface area contributed by atoms with Crippen LogP contribution in [0.2, 0.25) is 0 Å². The van der Waals surface area contributed by atoms with Crippen molar-refractivity contribution in [3.8, 4) is 0 Å². The fourth-order valence-electron chi connectivity index (χ4n) is 3.91. The van der Waals surface area contributed by atoms with Crippen molar-refractivity contribution >= 4 is 29.1 Å². The maximum absolute atomic E-state index is 12.4. The van der Waals surface area contributed by atoms with Gasteiger partial charge < -0.3 is 4.90 Å². The molecule has 1 saturated carbocycles. The van der Waals surface area contributed by atoms with Gasteiger partial charge in [0, 0.05) is 19.0 Å². The number of amides is 3. The topological polar surface area (TPSA) is 78.5 Å². The Morgan fingerprint density at radius 3 is 2.76 bits per heavy atom. The number of rotatable bonds is 3. The van der Waals surface area contributed by atoms with Crippen LogP contribution >= 0.6 is 11.3 Å². The molecule has 3 amide bonds. The molecule has 1 aliphatic carbocycles. The highest BCUT2D eigenvalue weighted by Gasteiger charge is 2.41. The van der Waals surface area contributed by atoms with Gasteiger partial charge in [-0.15, -0.1) is 11.3 Å². The lowest BCUT2D eigenvalue weighted by Crippen LogP contribution is -2.47. The van der Waals surface area contributed by atoms with E-state index in [4.69, 9.17) is 0 Å². The van der Waals surface area contributed by atoms with Gasteiger partial charge in [-0.25, -0.2) is 0 Å². The molecule has 2 aliphatic rings. The first-order valence-electron chi connectivity index (χ1n) is 8.90. The van der Waals surface area contributed by atoms with Gasteiger partial charge in [0.1, 0.15) is 0 Å². The van der Waals surface area contributed by atoms with Gasteiger partial charge in [-0.2, -0.15) is 0 Å². The molecule has 2 heterocycles. The van der Waals surface area contributed by atoms with Crippen molar-refractivity contribution in [3.05, 3.63) is 22.4 Å². The summed E-state index contributed by atoms with van der Waals surface area (Å²) >= 11 is 1.31. The third-order valence-electron chi connectivity index (χ3n) is 5.64. The Balaban J connectivity index is 1.54. The Bertz CT molecular complexity index is 646. The summed E-state index contributed by atoms with van der Waals surface area (Å²) in [6.45, 7) is 4.89. The van der Waals surface area contributed by atoms with Gasteiger partial charge in [-0.3, -0.25) is 25.2 Å². The molecule has 0 aromatic carbocycles. The fourth-order valence-corrected chi connectivity index (χ4v) is 4.53. The molecule has 2 N–H and O–H groups in total. The lowest BCUT2D eigenvalue weighted by atomic mass is 9.77. The van der Waals surface area contributed by atoms with Gasteiger partial charge in [0.05, 0.1) is 10.8 Å². The second-order valence-corrected chi connectivity index (χ2v) is 8.15. The molecule has 1 aromatic rings. The Hall–Kier alpha value is -1.89. The third kappa shape index (κ3) is 3.86. The first-order chi connectivity index (χ1) is 12.0. The SMILES string of the molecule is C[C@@H]1[C@H](C)CCC[C@@H]1N1C[C@@H](C(=O)NNC(=O)c2cccs2)CC1=O. The molecule has 1 saturated heterocycles. The Kier molecular flexibility index (Phi) is 5.42. The summed E-state index contributed by atoms with van der Waals surface area (Å²) in [5, 5.41) is 1.80. The van der Waals surface area contributed by atoms with Crippen LogP contribution < -0.4 is 10.9 Å². The lowest BCUT2D eigenvalue weighted by Gasteiger charge is -2.40. The maximum atomic E-state index is 12.4. The van der Waals surface area contributed by atoms with E-state index in [-0.39, 0.29) is 30.2 Å². The number of hydrogen-bond donors (Lipinski definition) is 2. The molecule has 1 aromatic heterocycles. The van der Waals surface area contributed by atoms with Crippen molar-refractivity contribution in [2.75, 3.05) is 6.54 Å². The summed E-state index contributed by atoms with van der Waals surface area (Å²) < 4.78 is 0. The molecule has 2 fully saturated rings. The smallest absolute Gasteiger partial charge is 0.279 e. The number of carbonyl (C=O) groups is 3. The molecule has 6 nitrogen and oxygen atoms in total. The van der Waals surface area contributed by atoms with Crippen molar-refractivity contribution in [2.24, 2.45) is 17.8 Å². The van der Waals surface area contributed by atoms with Crippen molar-refractivity contribution in [1.29, 1.82) is 0 Å². The van der Waals surface area contributed by atoms with E-state index < -0.39 is 5.92 Å². The molecule has 0 radical (unpaired) electrons. The van der Waals surface area contributed by atoms with Crippen molar-refractivity contribution in [1.82, 2.24) is 15.8 Å². The van der Waals surface area contributed by atoms with Crippen LogP contribution in [0, 0.1) is 17.8 Å². The van der Waals surface area contributed by atoms with Crippen LogP contribution in [-0.4, -0.2) is 35.2 Å². The summed E-state index contributed by atoms with van der Waals surface area (Å²) in [7, 11) is 0. The number of nitrogens with one attached hydrogen (secondary N) is 2. The number of hydrogen-bond acceptors (Lipinski definition) is 4. The number of hydrazine groups is 1. The standard InChI is InChI=1S/C18H25N3O3S/c1-11-5-3-6-14(12(11)2)21-10-13(9-16(21)22)17(23)19-20-18(24)15-7-4-8-25-15/h4,7-8,11-14H,3,5-6,9-10H2,1-2H3,(H,19,23)(H,20,24)/t11-,12-,13+,14+/m1/s1. The van der Waals surface area contributed by atoms with Crippen LogP contribution in [-0.2, 0) is 9.59 Å². The first kappa shape index (κ1) is 17.9. The summed E-state index contributed by atoms with van der Waals surface area (Å²) in [5.74, 6) is 0.0790. The molecule has 0 bridgehead atoms. The molecule has 136 valence electrons. The van der Waals surface area contributed by atoms with E-state index in [1.807, 2.05) is 4.90 Å². The van der Waals surface area contributed by atoms with Crippen LogP contribution in [0.4, 0.5) is 0 Å². The van der Waals surface area contributed by atoms with Gasteiger partial charge in [0.2, 0.25) is 11.8 Å². The molecular formula is C18H25N3O3S. The second-order valence-electron chi connectivity index (χ2n) is 7.20. The van der Waals surface area contributed by atoms with Gasteiger partial charge in [-0.1, -0.05) is 32.8 Å². The molecule has 25 heavy (non-hydrogen) atoms. The maximum Gasteiger partial charge on any atom is 0.279 e. The minimum Gasteiger partial charge on any atom is -0.339 e. The Morgan fingerprint density at radius 2 is 2.04 bits per heavy atom. The lowest BCUT2D eigenvalue weighted by molar-refractivity contribution is -0.132. The molecule has 0 spiro atoms.